The summed E-state index contributed by atoms with van der Waals surface area (Å²) in [6, 6.07) is 3.67. The van der Waals surface area contributed by atoms with Crippen LogP contribution in [0.5, 0.6) is 0 Å². The number of amides is 1. The predicted molar refractivity (Wildman–Crippen MR) is 94.4 cm³/mol. The lowest BCUT2D eigenvalue weighted by Crippen LogP contribution is -2.40. The highest BCUT2D eigenvalue weighted by Gasteiger charge is 2.33. The Morgan fingerprint density at radius 1 is 1.42 bits per heavy atom. The van der Waals surface area contributed by atoms with E-state index in [4.69, 9.17) is 0 Å². The van der Waals surface area contributed by atoms with Crippen molar-refractivity contribution in [1.82, 2.24) is 19.7 Å². The lowest BCUT2D eigenvalue weighted by atomic mass is 10.2. The van der Waals surface area contributed by atoms with Crippen LogP contribution in [0.4, 0.5) is 11.6 Å². The maximum atomic E-state index is 12.8. The first-order valence-corrected chi connectivity index (χ1v) is 8.78. The molecule has 1 aliphatic rings. The second-order valence-electron chi connectivity index (χ2n) is 5.97. The average Bonchev–Trinajstić information content (AvgIpc) is 3.27. The summed E-state index contributed by atoms with van der Waals surface area (Å²) in [6.45, 7) is 2.73. The number of fused-ring (bicyclic) bond motifs is 1. The maximum absolute atomic E-state index is 12.8. The molecular weight excluding hydrogens is 324 g/mol. The standard InChI is InChI=1S/C16H18N6OS/c1-10-8-13(21(2)20-10)19-15(23)12-4-3-6-22(12)14-11-5-7-24-16(11)18-9-17-14/h5,7-9,12H,3-4,6H2,1-2H3,(H,19,23). The minimum absolute atomic E-state index is 0.0162. The van der Waals surface area contributed by atoms with Crippen LogP contribution >= 0.6 is 11.3 Å². The summed E-state index contributed by atoms with van der Waals surface area (Å²) in [6.07, 6.45) is 3.36. The molecule has 0 radical (unpaired) electrons. The van der Waals surface area contributed by atoms with Gasteiger partial charge in [0.25, 0.3) is 0 Å². The number of thiophene rings is 1. The number of anilines is 2. The minimum Gasteiger partial charge on any atom is -0.344 e. The first-order valence-electron chi connectivity index (χ1n) is 7.90. The van der Waals surface area contributed by atoms with Crippen molar-refractivity contribution in [2.24, 2.45) is 7.05 Å². The van der Waals surface area contributed by atoms with Crippen molar-refractivity contribution in [1.29, 1.82) is 0 Å². The van der Waals surface area contributed by atoms with E-state index in [0.29, 0.717) is 5.82 Å². The highest BCUT2D eigenvalue weighted by atomic mass is 32.1. The van der Waals surface area contributed by atoms with Gasteiger partial charge in [0.2, 0.25) is 5.91 Å². The first kappa shape index (κ1) is 15.1. The molecule has 0 saturated carbocycles. The molecular formula is C16H18N6OS. The molecule has 7 nitrogen and oxygen atoms in total. The Bertz CT molecular complexity index is 901. The first-order chi connectivity index (χ1) is 11.6. The number of rotatable bonds is 3. The van der Waals surface area contributed by atoms with E-state index in [1.807, 2.05) is 31.5 Å². The molecule has 1 atom stereocenters. The molecule has 1 unspecified atom stereocenters. The van der Waals surface area contributed by atoms with Gasteiger partial charge in [-0.2, -0.15) is 5.10 Å². The zero-order chi connectivity index (χ0) is 16.7. The van der Waals surface area contributed by atoms with E-state index in [0.717, 1.165) is 41.1 Å². The summed E-state index contributed by atoms with van der Waals surface area (Å²) in [5.74, 6) is 1.55. The van der Waals surface area contributed by atoms with E-state index < -0.39 is 0 Å². The van der Waals surface area contributed by atoms with Gasteiger partial charge in [0.1, 0.15) is 28.8 Å². The normalized spacial score (nSPS) is 17.6. The Hall–Kier alpha value is -2.48. The molecule has 0 bridgehead atoms. The van der Waals surface area contributed by atoms with Crippen molar-refractivity contribution in [2.75, 3.05) is 16.8 Å². The van der Waals surface area contributed by atoms with Crippen LogP contribution in [-0.2, 0) is 11.8 Å². The third-order valence-electron chi connectivity index (χ3n) is 4.32. The molecule has 0 aromatic carbocycles. The van der Waals surface area contributed by atoms with E-state index in [9.17, 15) is 4.79 Å². The van der Waals surface area contributed by atoms with Crippen molar-refractivity contribution in [3.63, 3.8) is 0 Å². The molecule has 4 heterocycles. The zero-order valence-corrected chi connectivity index (χ0v) is 14.4. The molecule has 8 heteroatoms. The number of nitrogens with zero attached hydrogens (tertiary/aromatic N) is 5. The Balaban J connectivity index is 1.62. The van der Waals surface area contributed by atoms with Crippen LogP contribution in [0, 0.1) is 6.92 Å². The Morgan fingerprint density at radius 3 is 3.08 bits per heavy atom. The molecule has 1 N–H and O–H groups in total. The molecule has 0 aliphatic carbocycles. The lowest BCUT2D eigenvalue weighted by Gasteiger charge is -2.25. The van der Waals surface area contributed by atoms with Gasteiger partial charge in [-0.3, -0.25) is 9.48 Å². The van der Waals surface area contributed by atoms with Crippen LogP contribution in [0.1, 0.15) is 18.5 Å². The van der Waals surface area contributed by atoms with Crippen molar-refractivity contribution < 1.29 is 4.79 Å². The molecule has 1 aliphatic heterocycles. The van der Waals surface area contributed by atoms with Gasteiger partial charge in [-0.05, 0) is 31.2 Å². The second-order valence-corrected chi connectivity index (χ2v) is 6.87. The largest absolute Gasteiger partial charge is 0.344 e. The number of hydrogen-bond acceptors (Lipinski definition) is 6. The van der Waals surface area contributed by atoms with Gasteiger partial charge in [0, 0.05) is 19.7 Å². The minimum atomic E-state index is -0.224. The van der Waals surface area contributed by atoms with E-state index in [1.165, 1.54) is 0 Å². The molecule has 124 valence electrons. The smallest absolute Gasteiger partial charge is 0.248 e. The van der Waals surface area contributed by atoms with Crippen LogP contribution in [0.25, 0.3) is 10.2 Å². The Labute approximate surface area is 143 Å². The summed E-state index contributed by atoms with van der Waals surface area (Å²) in [7, 11) is 1.83. The van der Waals surface area contributed by atoms with Crippen molar-refractivity contribution in [3.05, 3.63) is 29.5 Å². The molecule has 3 aromatic rings. The lowest BCUT2D eigenvalue weighted by molar-refractivity contribution is -0.117. The molecule has 24 heavy (non-hydrogen) atoms. The third kappa shape index (κ3) is 2.52. The summed E-state index contributed by atoms with van der Waals surface area (Å²) in [5, 5.41) is 10.3. The fourth-order valence-electron chi connectivity index (χ4n) is 3.24. The van der Waals surface area contributed by atoms with Gasteiger partial charge in [-0.25, -0.2) is 9.97 Å². The van der Waals surface area contributed by atoms with Crippen LogP contribution in [0.3, 0.4) is 0 Å². The number of aryl methyl sites for hydroxylation is 2. The molecule has 3 aromatic heterocycles. The monoisotopic (exact) mass is 342 g/mol. The topological polar surface area (TPSA) is 75.9 Å². The third-order valence-corrected chi connectivity index (χ3v) is 5.14. The van der Waals surface area contributed by atoms with Gasteiger partial charge >= 0.3 is 0 Å². The van der Waals surface area contributed by atoms with Gasteiger partial charge in [-0.15, -0.1) is 11.3 Å². The fourth-order valence-corrected chi connectivity index (χ4v) is 3.96. The number of nitrogens with one attached hydrogen (secondary N) is 1. The van der Waals surface area contributed by atoms with E-state index >= 15 is 0 Å². The fraction of sp³-hybridized carbons (Fsp3) is 0.375. The summed E-state index contributed by atoms with van der Waals surface area (Å²) >= 11 is 1.59. The van der Waals surface area contributed by atoms with E-state index in [1.54, 1.807) is 22.3 Å². The van der Waals surface area contributed by atoms with Crippen LogP contribution < -0.4 is 10.2 Å². The van der Waals surface area contributed by atoms with Crippen LogP contribution in [0.2, 0.25) is 0 Å². The number of hydrogen-bond donors (Lipinski definition) is 1. The SMILES string of the molecule is Cc1cc(NC(=O)C2CCCN2c2ncnc3sccc23)n(C)n1. The van der Waals surface area contributed by atoms with Gasteiger partial charge < -0.3 is 10.2 Å². The van der Waals surface area contributed by atoms with E-state index in [2.05, 4.69) is 25.3 Å². The second kappa shape index (κ2) is 5.86. The van der Waals surface area contributed by atoms with Crippen molar-refractivity contribution in [3.8, 4) is 0 Å². The summed E-state index contributed by atoms with van der Waals surface area (Å²) in [5.41, 5.74) is 0.881. The number of aromatic nitrogens is 4. The van der Waals surface area contributed by atoms with Gasteiger partial charge in [0.15, 0.2) is 0 Å². The molecule has 1 fully saturated rings. The highest BCUT2D eigenvalue weighted by Crippen LogP contribution is 2.32. The Kier molecular flexibility index (Phi) is 3.68. The van der Waals surface area contributed by atoms with Crippen molar-refractivity contribution >= 4 is 39.1 Å². The maximum Gasteiger partial charge on any atom is 0.248 e. The predicted octanol–water partition coefficient (Wildman–Crippen LogP) is 2.34. The number of carbonyl (C=O) groups is 1. The van der Waals surface area contributed by atoms with E-state index in [-0.39, 0.29) is 11.9 Å². The quantitative estimate of drug-likeness (QED) is 0.791. The number of carbonyl (C=O) groups excluding carboxylic acids is 1. The summed E-state index contributed by atoms with van der Waals surface area (Å²) < 4.78 is 1.69. The van der Waals surface area contributed by atoms with Crippen molar-refractivity contribution in [2.45, 2.75) is 25.8 Å². The van der Waals surface area contributed by atoms with Crippen LogP contribution in [0.15, 0.2) is 23.8 Å². The zero-order valence-electron chi connectivity index (χ0n) is 13.6. The van der Waals surface area contributed by atoms with Gasteiger partial charge in [0.05, 0.1) is 11.1 Å². The average molecular weight is 342 g/mol. The van der Waals surface area contributed by atoms with Gasteiger partial charge in [-0.1, -0.05) is 0 Å². The molecule has 1 amide bonds. The summed E-state index contributed by atoms with van der Waals surface area (Å²) in [4.78, 5) is 24.6. The Morgan fingerprint density at radius 2 is 2.29 bits per heavy atom. The molecule has 4 rings (SSSR count). The highest BCUT2D eigenvalue weighted by molar-refractivity contribution is 7.16. The van der Waals surface area contributed by atoms with Crippen LogP contribution in [-0.4, -0.2) is 38.2 Å². The molecule has 1 saturated heterocycles. The molecule has 0 spiro atoms.